The summed E-state index contributed by atoms with van der Waals surface area (Å²) < 4.78 is 12.6. The van der Waals surface area contributed by atoms with Crippen LogP contribution in [0, 0.1) is 5.82 Å². The minimum atomic E-state index is -0.266. The van der Waals surface area contributed by atoms with E-state index in [1.54, 1.807) is 6.07 Å². The van der Waals surface area contributed by atoms with Gasteiger partial charge in [0.2, 0.25) is 0 Å². The Morgan fingerprint density at radius 3 is 2.82 bits per heavy atom. The second-order valence-electron chi connectivity index (χ2n) is 2.27. The topological polar surface area (TPSA) is 26.0 Å². The Kier molecular flexibility index (Phi) is 2.85. The summed E-state index contributed by atoms with van der Waals surface area (Å²) in [5.74, 6) is -0.266. The zero-order chi connectivity index (χ0) is 8.27. The van der Waals surface area contributed by atoms with Crippen molar-refractivity contribution in [1.29, 1.82) is 0 Å². The standard InChI is InChI=1S/C8H9ClFN/c9-8-2-1-7(10)5-6(8)3-4-11/h1-2,5H,3-4,11H2. The molecular weight excluding hydrogens is 165 g/mol. The van der Waals surface area contributed by atoms with Crippen molar-refractivity contribution < 1.29 is 4.39 Å². The molecule has 0 bridgehead atoms. The van der Waals surface area contributed by atoms with Crippen molar-refractivity contribution in [2.45, 2.75) is 6.42 Å². The summed E-state index contributed by atoms with van der Waals surface area (Å²) in [5, 5.41) is 0.580. The predicted molar refractivity (Wildman–Crippen MR) is 44.2 cm³/mol. The van der Waals surface area contributed by atoms with Crippen LogP contribution in [0.4, 0.5) is 4.39 Å². The zero-order valence-corrected chi connectivity index (χ0v) is 6.74. The third-order valence-corrected chi connectivity index (χ3v) is 1.79. The Balaban J connectivity index is 2.93. The quantitative estimate of drug-likeness (QED) is 0.727. The van der Waals surface area contributed by atoms with E-state index >= 15 is 0 Å². The molecule has 0 heterocycles. The van der Waals surface area contributed by atoms with Crippen LogP contribution < -0.4 is 5.73 Å². The molecule has 1 nitrogen and oxygen atoms in total. The van der Waals surface area contributed by atoms with Gasteiger partial charge in [0.05, 0.1) is 0 Å². The SMILES string of the molecule is NCCc1cc(F)ccc1Cl. The number of hydrogen-bond acceptors (Lipinski definition) is 1. The van der Waals surface area contributed by atoms with E-state index in [1.807, 2.05) is 0 Å². The molecule has 0 aliphatic heterocycles. The van der Waals surface area contributed by atoms with Gasteiger partial charge in [-0.2, -0.15) is 0 Å². The molecule has 0 saturated carbocycles. The van der Waals surface area contributed by atoms with Gasteiger partial charge in [0.1, 0.15) is 5.82 Å². The zero-order valence-electron chi connectivity index (χ0n) is 5.98. The summed E-state index contributed by atoms with van der Waals surface area (Å²) in [6.45, 7) is 0.489. The van der Waals surface area contributed by atoms with Crippen LogP contribution in [0.1, 0.15) is 5.56 Å². The highest BCUT2D eigenvalue weighted by Crippen LogP contribution is 2.16. The molecule has 0 radical (unpaired) electrons. The van der Waals surface area contributed by atoms with Crippen LogP contribution in [-0.4, -0.2) is 6.54 Å². The maximum absolute atomic E-state index is 12.6. The highest BCUT2D eigenvalue weighted by molar-refractivity contribution is 6.31. The first-order valence-electron chi connectivity index (χ1n) is 3.38. The fourth-order valence-corrected chi connectivity index (χ4v) is 1.10. The molecule has 0 saturated heterocycles. The minimum Gasteiger partial charge on any atom is -0.330 e. The smallest absolute Gasteiger partial charge is 0.123 e. The second-order valence-corrected chi connectivity index (χ2v) is 2.68. The van der Waals surface area contributed by atoms with Crippen LogP contribution in [0.15, 0.2) is 18.2 Å². The molecule has 1 aromatic rings. The summed E-state index contributed by atoms with van der Waals surface area (Å²) in [7, 11) is 0. The molecule has 0 amide bonds. The van der Waals surface area contributed by atoms with E-state index in [0.29, 0.717) is 18.0 Å². The summed E-state index contributed by atoms with van der Waals surface area (Å²) in [4.78, 5) is 0. The first kappa shape index (κ1) is 8.50. The van der Waals surface area contributed by atoms with Crippen molar-refractivity contribution >= 4 is 11.6 Å². The molecule has 0 atom stereocenters. The largest absolute Gasteiger partial charge is 0.330 e. The predicted octanol–water partition coefficient (Wildman–Crippen LogP) is 1.98. The molecule has 0 unspecified atom stereocenters. The van der Waals surface area contributed by atoms with Crippen LogP contribution >= 0.6 is 11.6 Å². The van der Waals surface area contributed by atoms with Gasteiger partial charge < -0.3 is 5.73 Å². The molecular formula is C8H9ClFN. The van der Waals surface area contributed by atoms with E-state index in [-0.39, 0.29) is 5.82 Å². The first-order valence-corrected chi connectivity index (χ1v) is 3.76. The van der Waals surface area contributed by atoms with Gasteiger partial charge in [-0.25, -0.2) is 4.39 Å². The van der Waals surface area contributed by atoms with E-state index in [1.165, 1.54) is 12.1 Å². The number of halogens is 2. The van der Waals surface area contributed by atoms with Crippen LogP contribution in [0.2, 0.25) is 5.02 Å². The van der Waals surface area contributed by atoms with Gasteiger partial charge in [-0.3, -0.25) is 0 Å². The Labute approximate surface area is 70.0 Å². The maximum atomic E-state index is 12.6. The summed E-state index contributed by atoms with van der Waals surface area (Å²) in [5.41, 5.74) is 6.07. The highest BCUT2D eigenvalue weighted by atomic mass is 35.5. The highest BCUT2D eigenvalue weighted by Gasteiger charge is 1.99. The van der Waals surface area contributed by atoms with Crippen molar-refractivity contribution in [2.24, 2.45) is 5.73 Å². The Hall–Kier alpha value is -0.600. The van der Waals surface area contributed by atoms with Crippen molar-refractivity contribution in [2.75, 3.05) is 6.54 Å². The lowest BCUT2D eigenvalue weighted by Gasteiger charge is -2.00. The molecule has 11 heavy (non-hydrogen) atoms. The van der Waals surface area contributed by atoms with E-state index in [2.05, 4.69) is 0 Å². The average Bonchev–Trinajstić information content (AvgIpc) is 1.98. The molecule has 0 fully saturated rings. The fraction of sp³-hybridized carbons (Fsp3) is 0.250. The molecule has 3 heteroatoms. The van der Waals surface area contributed by atoms with Crippen molar-refractivity contribution in [3.05, 3.63) is 34.6 Å². The summed E-state index contributed by atoms with van der Waals surface area (Å²) in [6.07, 6.45) is 0.622. The van der Waals surface area contributed by atoms with E-state index in [4.69, 9.17) is 17.3 Å². The molecule has 1 aromatic carbocycles. The fourth-order valence-electron chi connectivity index (χ4n) is 0.890. The second kappa shape index (κ2) is 3.69. The molecule has 0 aliphatic carbocycles. The van der Waals surface area contributed by atoms with Gasteiger partial charge in [-0.15, -0.1) is 0 Å². The van der Waals surface area contributed by atoms with Crippen molar-refractivity contribution in [3.8, 4) is 0 Å². The van der Waals surface area contributed by atoms with Gasteiger partial charge in [-0.1, -0.05) is 11.6 Å². The van der Waals surface area contributed by atoms with Gasteiger partial charge >= 0.3 is 0 Å². The molecule has 60 valence electrons. The molecule has 0 aliphatic rings. The molecule has 2 N–H and O–H groups in total. The normalized spacial score (nSPS) is 10.1. The lowest BCUT2D eigenvalue weighted by atomic mass is 10.1. The van der Waals surface area contributed by atoms with Crippen molar-refractivity contribution in [3.63, 3.8) is 0 Å². The van der Waals surface area contributed by atoms with Gasteiger partial charge in [0, 0.05) is 5.02 Å². The third kappa shape index (κ3) is 2.17. The number of rotatable bonds is 2. The maximum Gasteiger partial charge on any atom is 0.123 e. The van der Waals surface area contributed by atoms with Gasteiger partial charge in [-0.05, 0) is 36.7 Å². The minimum absolute atomic E-state index is 0.266. The summed E-state index contributed by atoms with van der Waals surface area (Å²) >= 11 is 5.75. The number of nitrogens with two attached hydrogens (primary N) is 1. The first-order chi connectivity index (χ1) is 5.24. The molecule has 0 aromatic heterocycles. The van der Waals surface area contributed by atoms with Gasteiger partial charge in [0.15, 0.2) is 0 Å². The van der Waals surface area contributed by atoms with E-state index < -0.39 is 0 Å². The van der Waals surface area contributed by atoms with E-state index in [0.717, 1.165) is 5.56 Å². The lowest BCUT2D eigenvalue weighted by Crippen LogP contribution is -2.03. The number of hydrogen-bond donors (Lipinski definition) is 1. The summed E-state index contributed by atoms with van der Waals surface area (Å²) in [6, 6.07) is 4.29. The Morgan fingerprint density at radius 1 is 1.45 bits per heavy atom. The lowest BCUT2D eigenvalue weighted by molar-refractivity contribution is 0.625. The van der Waals surface area contributed by atoms with Crippen LogP contribution in [-0.2, 0) is 6.42 Å². The van der Waals surface area contributed by atoms with Crippen LogP contribution in [0.3, 0.4) is 0 Å². The average molecular weight is 174 g/mol. The molecule has 0 spiro atoms. The Morgan fingerprint density at radius 2 is 2.18 bits per heavy atom. The Bertz CT molecular complexity index is 250. The number of benzene rings is 1. The molecule has 1 rings (SSSR count). The monoisotopic (exact) mass is 173 g/mol. The van der Waals surface area contributed by atoms with Crippen molar-refractivity contribution in [1.82, 2.24) is 0 Å². The van der Waals surface area contributed by atoms with E-state index in [9.17, 15) is 4.39 Å². The van der Waals surface area contributed by atoms with Gasteiger partial charge in [0.25, 0.3) is 0 Å². The third-order valence-electron chi connectivity index (χ3n) is 1.42. The van der Waals surface area contributed by atoms with Crippen LogP contribution in [0.25, 0.3) is 0 Å². The van der Waals surface area contributed by atoms with Crippen LogP contribution in [0.5, 0.6) is 0 Å².